The summed E-state index contributed by atoms with van der Waals surface area (Å²) in [6.07, 6.45) is 72.5. The lowest BCUT2D eigenvalue weighted by Gasteiger charge is -2.18. The summed E-state index contributed by atoms with van der Waals surface area (Å²) >= 11 is 0. The van der Waals surface area contributed by atoms with Crippen molar-refractivity contribution in [3.63, 3.8) is 0 Å². The molecule has 0 aliphatic carbocycles. The zero-order valence-electron chi connectivity index (χ0n) is 43.6. The molecule has 1 unspecified atom stereocenters. The van der Waals surface area contributed by atoms with Crippen LogP contribution in [-0.2, 0) is 28.6 Å². The molecule has 0 aliphatic heterocycles. The third-order valence-corrected chi connectivity index (χ3v) is 11.5. The van der Waals surface area contributed by atoms with Crippen molar-refractivity contribution >= 4 is 17.9 Å². The Kier molecular flexibility index (Phi) is 51.9. The Balaban J connectivity index is 4.47. The molecule has 0 spiro atoms. The Morgan fingerprint density at radius 3 is 0.985 bits per heavy atom. The SMILES string of the molecule is CC/C=C\C/C=C\C/C=C\C/C=C\C/C=C\C/C=C\CCCCC(=O)OCC(COC(=O)CCCCCCC/C=C\CCCCC)OC(=O)CCCCCCC/C=C\CCCCCCCCC. The summed E-state index contributed by atoms with van der Waals surface area (Å²) in [6, 6.07) is 0. The predicted octanol–water partition coefficient (Wildman–Crippen LogP) is 18.5. The van der Waals surface area contributed by atoms with E-state index >= 15 is 0 Å². The van der Waals surface area contributed by atoms with Crippen LogP contribution in [0.4, 0.5) is 0 Å². The van der Waals surface area contributed by atoms with E-state index in [1.165, 1.54) is 89.9 Å². The summed E-state index contributed by atoms with van der Waals surface area (Å²) in [6.45, 7) is 6.45. The number of allylic oxidation sites excluding steroid dienone is 16. The molecule has 0 radical (unpaired) electrons. The van der Waals surface area contributed by atoms with Gasteiger partial charge in [0, 0.05) is 19.3 Å². The molecule has 0 saturated carbocycles. The molecule has 0 aromatic heterocycles. The molecule has 0 aromatic rings. The monoisotopic (exact) mass is 931 g/mol. The summed E-state index contributed by atoms with van der Waals surface area (Å²) in [5.74, 6) is -0.961. The van der Waals surface area contributed by atoms with Crippen molar-refractivity contribution in [2.24, 2.45) is 0 Å². The van der Waals surface area contributed by atoms with Crippen LogP contribution in [-0.4, -0.2) is 37.2 Å². The van der Waals surface area contributed by atoms with Gasteiger partial charge in [-0.2, -0.15) is 0 Å². The summed E-state index contributed by atoms with van der Waals surface area (Å²) < 4.78 is 16.8. The lowest BCUT2D eigenvalue weighted by molar-refractivity contribution is -0.167. The molecule has 6 nitrogen and oxygen atoms in total. The second-order valence-electron chi connectivity index (χ2n) is 18.1. The minimum absolute atomic E-state index is 0.0996. The van der Waals surface area contributed by atoms with Crippen LogP contribution >= 0.6 is 0 Å². The number of esters is 3. The first-order valence-electron chi connectivity index (χ1n) is 27.7. The van der Waals surface area contributed by atoms with E-state index in [0.717, 1.165) is 122 Å². The predicted molar refractivity (Wildman–Crippen MR) is 288 cm³/mol. The highest BCUT2D eigenvalue weighted by molar-refractivity contribution is 5.71. The average molecular weight is 931 g/mol. The molecule has 0 bridgehead atoms. The second-order valence-corrected chi connectivity index (χ2v) is 18.1. The van der Waals surface area contributed by atoms with E-state index in [4.69, 9.17) is 14.2 Å². The van der Waals surface area contributed by atoms with Gasteiger partial charge in [0.2, 0.25) is 0 Å². The van der Waals surface area contributed by atoms with Gasteiger partial charge in [-0.15, -0.1) is 0 Å². The Bertz CT molecular complexity index is 1350. The van der Waals surface area contributed by atoms with Crippen LogP contribution in [0.2, 0.25) is 0 Å². The van der Waals surface area contributed by atoms with E-state index < -0.39 is 6.10 Å². The molecule has 6 heteroatoms. The molecule has 0 N–H and O–H groups in total. The maximum Gasteiger partial charge on any atom is 0.306 e. The normalized spacial score (nSPS) is 12.8. The number of rotatable bonds is 49. The Hall–Kier alpha value is -3.67. The van der Waals surface area contributed by atoms with Crippen LogP contribution in [0.3, 0.4) is 0 Å². The molecule has 0 aliphatic rings. The van der Waals surface area contributed by atoms with E-state index in [0.29, 0.717) is 19.3 Å². The van der Waals surface area contributed by atoms with Crippen molar-refractivity contribution in [1.82, 2.24) is 0 Å². The zero-order valence-corrected chi connectivity index (χ0v) is 43.6. The van der Waals surface area contributed by atoms with Crippen LogP contribution in [0.15, 0.2) is 97.2 Å². The van der Waals surface area contributed by atoms with Gasteiger partial charge in [0.15, 0.2) is 6.10 Å². The van der Waals surface area contributed by atoms with Gasteiger partial charge in [0.1, 0.15) is 13.2 Å². The third kappa shape index (κ3) is 53.2. The Morgan fingerprint density at radius 1 is 0.313 bits per heavy atom. The highest BCUT2D eigenvalue weighted by Crippen LogP contribution is 2.14. The summed E-state index contributed by atoms with van der Waals surface area (Å²) in [5.41, 5.74) is 0. The fraction of sp³-hybridized carbons (Fsp3) is 0.689. The quantitative estimate of drug-likeness (QED) is 0.0262. The summed E-state index contributed by atoms with van der Waals surface area (Å²) in [4.78, 5) is 38.1. The second kappa shape index (κ2) is 54.9. The molecule has 382 valence electrons. The van der Waals surface area contributed by atoms with Crippen molar-refractivity contribution in [3.8, 4) is 0 Å². The molecule has 0 rings (SSSR count). The van der Waals surface area contributed by atoms with Crippen LogP contribution in [0.25, 0.3) is 0 Å². The smallest absolute Gasteiger partial charge is 0.306 e. The van der Waals surface area contributed by atoms with E-state index in [2.05, 4.69) is 118 Å². The fourth-order valence-corrected chi connectivity index (χ4v) is 7.37. The Morgan fingerprint density at radius 2 is 0.582 bits per heavy atom. The van der Waals surface area contributed by atoms with Gasteiger partial charge in [0.05, 0.1) is 0 Å². The highest BCUT2D eigenvalue weighted by Gasteiger charge is 2.19. The number of hydrogen-bond acceptors (Lipinski definition) is 6. The van der Waals surface area contributed by atoms with Crippen LogP contribution in [0.5, 0.6) is 0 Å². The van der Waals surface area contributed by atoms with Gasteiger partial charge in [-0.25, -0.2) is 0 Å². The van der Waals surface area contributed by atoms with Crippen molar-refractivity contribution < 1.29 is 28.6 Å². The van der Waals surface area contributed by atoms with E-state index in [1.807, 2.05) is 0 Å². The topological polar surface area (TPSA) is 78.9 Å². The summed E-state index contributed by atoms with van der Waals surface area (Å²) in [7, 11) is 0. The average Bonchev–Trinajstić information content (AvgIpc) is 3.33. The minimum atomic E-state index is -0.804. The first-order chi connectivity index (χ1) is 33.0. The van der Waals surface area contributed by atoms with Crippen molar-refractivity contribution in [1.29, 1.82) is 0 Å². The van der Waals surface area contributed by atoms with Gasteiger partial charge in [-0.1, -0.05) is 208 Å². The van der Waals surface area contributed by atoms with Crippen LogP contribution in [0.1, 0.15) is 252 Å². The molecule has 67 heavy (non-hydrogen) atoms. The zero-order chi connectivity index (χ0) is 48.6. The first-order valence-corrected chi connectivity index (χ1v) is 27.7. The molecule has 0 heterocycles. The molecule has 0 saturated heterocycles. The maximum absolute atomic E-state index is 12.8. The van der Waals surface area contributed by atoms with Gasteiger partial charge in [-0.05, 0) is 122 Å². The number of unbranched alkanes of at least 4 members (excludes halogenated alkanes) is 22. The third-order valence-electron chi connectivity index (χ3n) is 11.5. The highest BCUT2D eigenvalue weighted by atomic mass is 16.6. The number of carbonyl (C=O) groups is 3. The molecular formula is C61H102O6. The van der Waals surface area contributed by atoms with Gasteiger partial charge in [0.25, 0.3) is 0 Å². The lowest BCUT2D eigenvalue weighted by Crippen LogP contribution is -2.30. The number of carbonyl (C=O) groups excluding carboxylic acids is 3. The fourth-order valence-electron chi connectivity index (χ4n) is 7.37. The molecule has 0 amide bonds. The van der Waals surface area contributed by atoms with Crippen LogP contribution in [0, 0.1) is 0 Å². The minimum Gasteiger partial charge on any atom is -0.462 e. The van der Waals surface area contributed by atoms with Crippen molar-refractivity contribution in [3.05, 3.63) is 97.2 Å². The van der Waals surface area contributed by atoms with Gasteiger partial charge in [-0.3, -0.25) is 14.4 Å². The van der Waals surface area contributed by atoms with Gasteiger partial charge >= 0.3 is 17.9 Å². The lowest BCUT2D eigenvalue weighted by atomic mass is 10.1. The maximum atomic E-state index is 12.8. The van der Waals surface area contributed by atoms with Crippen molar-refractivity contribution in [2.45, 2.75) is 258 Å². The number of hydrogen-bond donors (Lipinski definition) is 0. The van der Waals surface area contributed by atoms with E-state index in [9.17, 15) is 14.4 Å². The van der Waals surface area contributed by atoms with E-state index in [-0.39, 0.29) is 31.1 Å². The standard InChI is InChI=1S/C61H102O6/c1-4-7-10-13-16-19-22-25-27-29-30-31-32-33-35-36-39-42-45-48-51-54-60(63)66-57-58(56-65-59(62)53-50-47-44-41-38-24-21-18-15-12-9-6-3)67-61(64)55-52-49-46-43-40-37-34-28-26-23-20-17-14-11-8-5-2/h7,10,16,18-19,21,25,27-28,30-31,33-35,39,42,58H,4-6,8-9,11-15,17,20,22-24,26,29,32,36-38,40-41,43-57H2,1-3H3/b10-7-,19-16-,21-18-,27-25-,31-30-,34-28-,35-33-,42-39-. The Labute approximate surface area is 413 Å². The molecule has 0 aromatic carbocycles. The molecule has 1 atom stereocenters. The molecule has 0 fully saturated rings. The number of ether oxygens (including phenoxy) is 3. The van der Waals surface area contributed by atoms with Crippen LogP contribution < -0.4 is 0 Å². The van der Waals surface area contributed by atoms with Crippen molar-refractivity contribution in [2.75, 3.05) is 13.2 Å². The van der Waals surface area contributed by atoms with Gasteiger partial charge < -0.3 is 14.2 Å². The summed E-state index contributed by atoms with van der Waals surface area (Å²) in [5, 5.41) is 0. The molecular weight excluding hydrogens is 829 g/mol. The first kappa shape index (κ1) is 63.3. The van der Waals surface area contributed by atoms with E-state index in [1.54, 1.807) is 0 Å². The largest absolute Gasteiger partial charge is 0.462 e.